The van der Waals surface area contributed by atoms with Gasteiger partial charge in [0, 0.05) is 11.1 Å². The molecule has 3 aromatic carbocycles. The number of aryl methyl sites for hydroxylation is 1. The lowest BCUT2D eigenvalue weighted by atomic mass is 10.1. The summed E-state index contributed by atoms with van der Waals surface area (Å²) in [5, 5.41) is 1.22. The first-order valence-corrected chi connectivity index (χ1v) is 8.71. The lowest BCUT2D eigenvalue weighted by Crippen LogP contribution is -2.24. The van der Waals surface area contributed by atoms with Gasteiger partial charge in [0.2, 0.25) is 5.43 Å². The van der Waals surface area contributed by atoms with Crippen molar-refractivity contribution in [2.75, 3.05) is 0 Å². The fourth-order valence-electron chi connectivity index (χ4n) is 3.56. The zero-order valence-electron chi connectivity index (χ0n) is 14.6. The molecular formula is C23H15NO3. The molecule has 5 rings (SSSR count). The smallest absolute Gasteiger partial charge is 0.270 e. The van der Waals surface area contributed by atoms with Gasteiger partial charge in [0.1, 0.15) is 11.0 Å². The second-order valence-electron chi connectivity index (χ2n) is 6.62. The van der Waals surface area contributed by atoms with E-state index in [1.165, 1.54) is 0 Å². The van der Waals surface area contributed by atoms with Crippen LogP contribution in [0, 0.1) is 6.92 Å². The van der Waals surface area contributed by atoms with Gasteiger partial charge in [-0.15, -0.1) is 0 Å². The second-order valence-corrected chi connectivity index (χ2v) is 6.62. The van der Waals surface area contributed by atoms with Crippen LogP contribution in [0.15, 0.2) is 86.8 Å². The van der Waals surface area contributed by atoms with E-state index >= 15 is 0 Å². The molecule has 0 saturated carbocycles. The number of hydrogen-bond donors (Lipinski definition) is 0. The maximum absolute atomic E-state index is 13.4. The fourth-order valence-corrected chi connectivity index (χ4v) is 3.56. The molecule has 5 aromatic rings. The molecule has 0 atom stereocenters. The van der Waals surface area contributed by atoms with Crippen LogP contribution in [0.5, 0.6) is 0 Å². The maximum atomic E-state index is 13.4. The quantitative estimate of drug-likeness (QED) is 0.328. The van der Waals surface area contributed by atoms with Gasteiger partial charge >= 0.3 is 0 Å². The summed E-state index contributed by atoms with van der Waals surface area (Å²) in [6.45, 7) is 1.99. The van der Waals surface area contributed by atoms with E-state index in [1.807, 2.05) is 61.5 Å². The molecule has 0 fully saturated rings. The van der Waals surface area contributed by atoms with Gasteiger partial charge in [0.15, 0.2) is 5.58 Å². The SMILES string of the molecule is Cc1ccc(-n2c(=O)c3c(=O)c4ccccc4oc3c3ccccc32)cc1. The van der Waals surface area contributed by atoms with Gasteiger partial charge in [-0.1, -0.05) is 42.0 Å². The van der Waals surface area contributed by atoms with Crippen molar-refractivity contribution in [1.82, 2.24) is 4.57 Å². The minimum absolute atomic E-state index is 0.0768. The highest BCUT2D eigenvalue weighted by atomic mass is 16.3. The van der Waals surface area contributed by atoms with Gasteiger partial charge in [-0.05, 0) is 43.3 Å². The van der Waals surface area contributed by atoms with Crippen LogP contribution in [-0.2, 0) is 0 Å². The van der Waals surface area contributed by atoms with E-state index in [0.717, 1.165) is 16.6 Å². The summed E-state index contributed by atoms with van der Waals surface area (Å²) >= 11 is 0. The molecular weight excluding hydrogens is 338 g/mol. The van der Waals surface area contributed by atoms with E-state index < -0.39 is 0 Å². The number of fused-ring (bicyclic) bond motifs is 4. The Balaban J connectivity index is 2.07. The largest absolute Gasteiger partial charge is 0.455 e. The van der Waals surface area contributed by atoms with Crippen LogP contribution in [0.1, 0.15) is 5.56 Å². The Hall–Kier alpha value is -3.66. The molecule has 130 valence electrons. The molecule has 0 N–H and O–H groups in total. The zero-order valence-corrected chi connectivity index (χ0v) is 14.6. The predicted molar refractivity (Wildman–Crippen MR) is 108 cm³/mol. The van der Waals surface area contributed by atoms with Crippen molar-refractivity contribution in [1.29, 1.82) is 0 Å². The molecule has 0 aliphatic carbocycles. The third kappa shape index (κ3) is 2.23. The molecule has 0 spiro atoms. The highest BCUT2D eigenvalue weighted by Crippen LogP contribution is 2.26. The summed E-state index contributed by atoms with van der Waals surface area (Å²) in [5.74, 6) is 0. The summed E-state index contributed by atoms with van der Waals surface area (Å²) in [5.41, 5.74) is 2.67. The first-order chi connectivity index (χ1) is 13.1. The molecule has 0 bridgehead atoms. The summed E-state index contributed by atoms with van der Waals surface area (Å²) in [4.78, 5) is 26.5. The van der Waals surface area contributed by atoms with Gasteiger partial charge in [-0.25, -0.2) is 0 Å². The van der Waals surface area contributed by atoms with E-state index in [1.54, 1.807) is 22.8 Å². The minimum atomic E-state index is -0.368. The highest BCUT2D eigenvalue weighted by molar-refractivity contribution is 6.05. The zero-order chi connectivity index (χ0) is 18.5. The monoisotopic (exact) mass is 353 g/mol. The molecule has 27 heavy (non-hydrogen) atoms. The molecule has 4 nitrogen and oxygen atoms in total. The topological polar surface area (TPSA) is 52.2 Å². The van der Waals surface area contributed by atoms with Crippen molar-refractivity contribution in [2.45, 2.75) is 6.92 Å². The van der Waals surface area contributed by atoms with E-state index in [-0.39, 0.29) is 16.4 Å². The third-order valence-corrected chi connectivity index (χ3v) is 4.90. The number of pyridine rings is 1. The maximum Gasteiger partial charge on any atom is 0.270 e. The summed E-state index contributed by atoms with van der Waals surface area (Å²) in [6, 6.07) is 22.2. The van der Waals surface area contributed by atoms with Crippen LogP contribution in [0.3, 0.4) is 0 Å². The Kier molecular flexibility index (Phi) is 3.28. The Labute approximate surface area is 153 Å². The van der Waals surface area contributed by atoms with Gasteiger partial charge in [0.05, 0.1) is 10.9 Å². The van der Waals surface area contributed by atoms with Crippen molar-refractivity contribution >= 4 is 32.8 Å². The lowest BCUT2D eigenvalue weighted by Gasteiger charge is -2.13. The lowest BCUT2D eigenvalue weighted by molar-refractivity contribution is 0.662. The summed E-state index contributed by atoms with van der Waals surface area (Å²) in [6.07, 6.45) is 0. The molecule has 0 aliphatic heterocycles. The molecule has 2 heterocycles. The predicted octanol–water partition coefficient (Wildman–Crippen LogP) is 4.56. The van der Waals surface area contributed by atoms with Gasteiger partial charge < -0.3 is 4.42 Å². The third-order valence-electron chi connectivity index (χ3n) is 4.90. The molecule has 2 aromatic heterocycles. The van der Waals surface area contributed by atoms with Crippen LogP contribution in [0.4, 0.5) is 0 Å². The van der Waals surface area contributed by atoms with E-state index in [0.29, 0.717) is 22.1 Å². The van der Waals surface area contributed by atoms with Gasteiger partial charge in [-0.3, -0.25) is 14.2 Å². The highest BCUT2D eigenvalue weighted by Gasteiger charge is 2.18. The number of para-hydroxylation sites is 2. The van der Waals surface area contributed by atoms with Crippen molar-refractivity contribution < 1.29 is 4.42 Å². The number of benzene rings is 3. The normalized spacial score (nSPS) is 11.4. The number of rotatable bonds is 1. The van der Waals surface area contributed by atoms with Crippen molar-refractivity contribution in [2.24, 2.45) is 0 Å². The van der Waals surface area contributed by atoms with Crippen LogP contribution >= 0.6 is 0 Å². The Morgan fingerprint density at radius 1 is 0.778 bits per heavy atom. The Morgan fingerprint density at radius 2 is 1.44 bits per heavy atom. The number of aromatic nitrogens is 1. The Morgan fingerprint density at radius 3 is 2.22 bits per heavy atom. The standard InChI is InChI=1S/C23H15NO3/c1-14-10-12-15(13-11-14)24-18-8-4-2-6-16(18)22-20(23(24)26)21(25)17-7-3-5-9-19(17)27-22/h2-13H,1H3. The Bertz CT molecular complexity index is 1460. The van der Waals surface area contributed by atoms with Crippen LogP contribution in [0.2, 0.25) is 0 Å². The first-order valence-electron chi connectivity index (χ1n) is 8.71. The van der Waals surface area contributed by atoms with E-state index in [9.17, 15) is 9.59 Å². The van der Waals surface area contributed by atoms with Crippen molar-refractivity contribution in [3.05, 3.63) is 98.9 Å². The van der Waals surface area contributed by atoms with Crippen LogP contribution in [-0.4, -0.2) is 4.57 Å². The fraction of sp³-hybridized carbons (Fsp3) is 0.0435. The number of hydrogen-bond acceptors (Lipinski definition) is 3. The van der Waals surface area contributed by atoms with Gasteiger partial charge in [0.25, 0.3) is 5.56 Å². The first kappa shape index (κ1) is 15.6. The molecule has 0 unspecified atom stereocenters. The van der Waals surface area contributed by atoms with Crippen molar-refractivity contribution in [3.8, 4) is 5.69 Å². The second kappa shape index (κ2) is 5.68. The molecule has 0 radical (unpaired) electrons. The summed E-state index contributed by atoms with van der Waals surface area (Å²) in [7, 11) is 0. The summed E-state index contributed by atoms with van der Waals surface area (Å²) < 4.78 is 7.60. The van der Waals surface area contributed by atoms with E-state index in [4.69, 9.17) is 4.42 Å². The molecule has 0 saturated heterocycles. The van der Waals surface area contributed by atoms with Crippen LogP contribution < -0.4 is 11.0 Å². The molecule has 0 aliphatic rings. The van der Waals surface area contributed by atoms with Crippen LogP contribution in [0.25, 0.3) is 38.5 Å². The molecule has 4 heteroatoms. The molecule has 0 amide bonds. The number of nitrogens with zero attached hydrogens (tertiary/aromatic N) is 1. The van der Waals surface area contributed by atoms with E-state index in [2.05, 4.69) is 0 Å². The average Bonchev–Trinajstić information content (AvgIpc) is 2.69. The minimum Gasteiger partial charge on any atom is -0.455 e. The van der Waals surface area contributed by atoms with Gasteiger partial charge in [-0.2, -0.15) is 0 Å². The average molecular weight is 353 g/mol. The van der Waals surface area contributed by atoms with Crippen molar-refractivity contribution in [3.63, 3.8) is 0 Å².